The van der Waals surface area contributed by atoms with Crippen molar-refractivity contribution in [3.8, 4) is 0 Å². The van der Waals surface area contributed by atoms with E-state index in [2.05, 4.69) is 15.6 Å². The molecule has 2 aromatic rings. The lowest BCUT2D eigenvalue weighted by Crippen LogP contribution is -2.43. The van der Waals surface area contributed by atoms with Gasteiger partial charge in [-0.15, -0.1) is 4.83 Å². The van der Waals surface area contributed by atoms with Crippen LogP contribution in [0.15, 0.2) is 41.3 Å². The number of aliphatic hydroxyl groups excluding tert-OH is 4. The summed E-state index contributed by atoms with van der Waals surface area (Å²) in [5.41, 5.74) is 5.05. The predicted octanol–water partition coefficient (Wildman–Crippen LogP) is -0.278. The zero-order valence-electron chi connectivity index (χ0n) is 18.0. The normalized spacial score (nSPS) is 14.5. The Morgan fingerprint density at radius 3 is 2.16 bits per heavy atom. The Hall–Kier alpha value is -2.54. The van der Waals surface area contributed by atoms with Crippen molar-refractivity contribution in [2.75, 3.05) is 18.5 Å². The Morgan fingerprint density at radius 2 is 1.56 bits per heavy atom. The van der Waals surface area contributed by atoms with Crippen molar-refractivity contribution in [3.05, 3.63) is 58.7 Å². The standard InChI is InChI=1S/C21H29N3O7S/c1-12-4-6-15(7-5-12)32(30,31)24-23-21(29)16-8-13(2)14(3)9-17(16)22-10-18(26)20(28)19(27)11-25/h4-9,18-20,22,24-28H,10-11H2,1-3H3,(H,23,29)/t18-,19-,20+/m1/s1. The van der Waals surface area contributed by atoms with E-state index in [0.717, 1.165) is 16.7 Å². The number of carbonyl (C=O) groups excluding carboxylic acids is 1. The molecule has 0 fully saturated rings. The van der Waals surface area contributed by atoms with Gasteiger partial charge in [0, 0.05) is 12.2 Å². The van der Waals surface area contributed by atoms with E-state index in [1.165, 1.54) is 12.1 Å². The molecule has 0 spiro atoms. The van der Waals surface area contributed by atoms with Crippen LogP contribution in [0.4, 0.5) is 5.69 Å². The second kappa shape index (κ2) is 10.9. The maximum atomic E-state index is 12.7. The fourth-order valence-electron chi connectivity index (χ4n) is 2.81. The Balaban J connectivity index is 2.16. The summed E-state index contributed by atoms with van der Waals surface area (Å²) in [5.74, 6) is -0.739. The second-order valence-electron chi connectivity index (χ2n) is 7.54. The molecule has 7 N–H and O–H groups in total. The van der Waals surface area contributed by atoms with Gasteiger partial charge in [0.05, 0.1) is 23.2 Å². The van der Waals surface area contributed by atoms with Crippen LogP contribution in [0, 0.1) is 20.8 Å². The number of hydrogen-bond donors (Lipinski definition) is 7. The summed E-state index contributed by atoms with van der Waals surface area (Å²) < 4.78 is 24.8. The molecule has 0 aromatic heterocycles. The summed E-state index contributed by atoms with van der Waals surface area (Å²) in [6.07, 6.45) is -4.56. The van der Waals surface area contributed by atoms with Gasteiger partial charge in [-0.25, -0.2) is 8.42 Å². The van der Waals surface area contributed by atoms with Crippen molar-refractivity contribution < 1.29 is 33.6 Å². The van der Waals surface area contributed by atoms with Gasteiger partial charge in [-0.3, -0.25) is 10.2 Å². The number of amides is 1. The number of sulfonamides is 1. The number of carbonyl (C=O) groups is 1. The average Bonchev–Trinajstić information content (AvgIpc) is 2.76. The molecule has 0 radical (unpaired) electrons. The van der Waals surface area contributed by atoms with Crippen molar-refractivity contribution in [1.82, 2.24) is 10.3 Å². The van der Waals surface area contributed by atoms with Gasteiger partial charge < -0.3 is 25.7 Å². The van der Waals surface area contributed by atoms with Crippen molar-refractivity contribution in [2.24, 2.45) is 0 Å². The molecule has 32 heavy (non-hydrogen) atoms. The molecule has 0 aliphatic carbocycles. The van der Waals surface area contributed by atoms with E-state index >= 15 is 0 Å². The minimum Gasteiger partial charge on any atom is -0.394 e. The van der Waals surface area contributed by atoms with E-state index in [4.69, 9.17) is 5.11 Å². The van der Waals surface area contributed by atoms with E-state index in [-0.39, 0.29) is 22.7 Å². The minimum absolute atomic E-state index is 0.0126. The molecule has 2 rings (SSSR count). The first-order valence-corrected chi connectivity index (χ1v) is 11.3. The highest BCUT2D eigenvalue weighted by molar-refractivity contribution is 7.89. The first-order valence-electron chi connectivity index (χ1n) is 9.85. The zero-order valence-corrected chi connectivity index (χ0v) is 18.8. The Labute approximate surface area is 186 Å². The third-order valence-electron chi connectivity index (χ3n) is 4.99. The predicted molar refractivity (Wildman–Crippen MR) is 118 cm³/mol. The van der Waals surface area contributed by atoms with Gasteiger partial charge in [-0.05, 0) is 56.2 Å². The van der Waals surface area contributed by atoms with Crippen molar-refractivity contribution >= 4 is 21.6 Å². The minimum atomic E-state index is -3.99. The summed E-state index contributed by atoms with van der Waals surface area (Å²) in [6, 6.07) is 9.30. The van der Waals surface area contributed by atoms with Crippen molar-refractivity contribution in [3.63, 3.8) is 0 Å². The molecule has 0 heterocycles. The van der Waals surface area contributed by atoms with E-state index in [9.17, 15) is 28.5 Å². The SMILES string of the molecule is Cc1ccc(S(=O)(=O)NNC(=O)c2cc(C)c(C)cc2NC[C@@H](O)[C@H](O)[C@H](O)CO)cc1. The highest BCUT2D eigenvalue weighted by Gasteiger charge is 2.25. The lowest BCUT2D eigenvalue weighted by atomic mass is 10.0. The zero-order chi connectivity index (χ0) is 24.1. The lowest BCUT2D eigenvalue weighted by molar-refractivity contribution is -0.0715. The van der Waals surface area contributed by atoms with Crippen LogP contribution in [0.2, 0.25) is 0 Å². The molecule has 0 saturated heterocycles. The van der Waals surface area contributed by atoms with Crippen LogP contribution in [-0.4, -0.2) is 66.2 Å². The Bertz CT molecular complexity index is 1040. The number of benzene rings is 2. The van der Waals surface area contributed by atoms with Gasteiger partial charge >= 0.3 is 0 Å². The van der Waals surface area contributed by atoms with Crippen LogP contribution in [0.1, 0.15) is 27.0 Å². The Morgan fingerprint density at radius 1 is 0.969 bits per heavy atom. The van der Waals surface area contributed by atoms with Crippen molar-refractivity contribution in [2.45, 2.75) is 44.0 Å². The Kier molecular flexibility index (Phi) is 8.73. The summed E-state index contributed by atoms with van der Waals surface area (Å²) in [4.78, 5) is 14.8. The van der Waals surface area contributed by atoms with Crippen molar-refractivity contribution in [1.29, 1.82) is 0 Å². The number of nitrogens with one attached hydrogen (secondary N) is 3. The highest BCUT2D eigenvalue weighted by atomic mass is 32.2. The quantitative estimate of drug-likeness (QED) is 0.234. The molecule has 0 bridgehead atoms. The maximum Gasteiger partial charge on any atom is 0.268 e. The van der Waals surface area contributed by atoms with E-state index < -0.39 is 40.8 Å². The highest BCUT2D eigenvalue weighted by Crippen LogP contribution is 2.21. The molecule has 11 heteroatoms. The molecule has 2 aromatic carbocycles. The molecule has 3 atom stereocenters. The van der Waals surface area contributed by atoms with Gasteiger partial charge in [0.1, 0.15) is 12.2 Å². The number of aliphatic hydroxyl groups is 4. The van der Waals surface area contributed by atoms with Crippen LogP contribution in [0.3, 0.4) is 0 Å². The number of hydrazine groups is 1. The van der Waals surface area contributed by atoms with Crippen LogP contribution in [-0.2, 0) is 10.0 Å². The topological polar surface area (TPSA) is 168 Å². The maximum absolute atomic E-state index is 12.7. The second-order valence-corrected chi connectivity index (χ2v) is 9.23. The lowest BCUT2D eigenvalue weighted by Gasteiger charge is -2.23. The number of hydrogen-bond acceptors (Lipinski definition) is 8. The van der Waals surface area contributed by atoms with Crippen LogP contribution >= 0.6 is 0 Å². The first-order chi connectivity index (χ1) is 15.0. The van der Waals surface area contributed by atoms with Gasteiger partial charge in [0.25, 0.3) is 15.9 Å². The number of anilines is 1. The van der Waals surface area contributed by atoms with Crippen LogP contribution in [0.5, 0.6) is 0 Å². The van der Waals surface area contributed by atoms with E-state index in [1.807, 2.05) is 13.8 Å². The molecule has 0 aliphatic rings. The largest absolute Gasteiger partial charge is 0.394 e. The third kappa shape index (κ3) is 6.48. The summed E-state index contributed by atoms with van der Waals surface area (Å²) in [5, 5.41) is 41.0. The fraction of sp³-hybridized carbons (Fsp3) is 0.381. The molecule has 0 unspecified atom stereocenters. The molecule has 0 aliphatic heterocycles. The van der Waals surface area contributed by atoms with E-state index in [1.54, 1.807) is 31.2 Å². The first kappa shape index (κ1) is 25.7. The van der Waals surface area contributed by atoms with Gasteiger partial charge in [-0.1, -0.05) is 17.7 Å². The van der Waals surface area contributed by atoms with E-state index in [0.29, 0.717) is 0 Å². The average molecular weight is 468 g/mol. The molecule has 176 valence electrons. The number of rotatable bonds is 10. The summed E-state index contributed by atoms with van der Waals surface area (Å²) in [6.45, 7) is 4.44. The number of aryl methyl sites for hydroxylation is 3. The third-order valence-corrected chi connectivity index (χ3v) is 6.25. The molecule has 1 amide bonds. The molecule has 0 saturated carbocycles. The van der Waals surface area contributed by atoms with Gasteiger partial charge in [-0.2, -0.15) is 0 Å². The smallest absolute Gasteiger partial charge is 0.268 e. The molecule has 10 nitrogen and oxygen atoms in total. The van der Waals surface area contributed by atoms with Crippen LogP contribution < -0.4 is 15.6 Å². The summed E-state index contributed by atoms with van der Waals surface area (Å²) in [7, 11) is -3.99. The van der Waals surface area contributed by atoms with Gasteiger partial charge in [0.2, 0.25) is 0 Å². The van der Waals surface area contributed by atoms with Crippen LogP contribution in [0.25, 0.3) is 0 Å². The molecular formula is C21H29N3O7S. The monoisotopic (exact) mass is 467 g/mol. The fourth-order valence-corrected chi connectivity index (χ4v) is 3.65. The van der Waals surface area contributed by atoms with Gasteiger partial charge in [0.15, 0.2) is 0 Å². The molecular weight excluding hydrogens is 438 g/mol. The summed E-state index contributed by atoms with van der Waals surface area (Å²) >= 11 is 0.